The van der Waals surface area contributed by atoms with Crippen LogP contribution in [-0.4, -0.2) is 24.6 Å². The smallest absolute Gasteiger partial charge is 0.258 e. The molecule has 2 aromatic rings. The molecule has 0 spiro atoms. The lowest BCUT2D eigenvalue weighted by molar-refractivity contribution is -0.123. The number of hydrogen-bond acceptors (Lipinski definition) is 4. The Balaban J connectivity index is 1.88. The van der Waals surface area contributed by atoms with Crippen LogP contribution in [0.2, 0.25) is 0 Å². The summed E-state index contributed by atoms with van der Waals surface area (Å²) in [4.78, 5) is 16.3. The molecule has 1 N–H and O–H groups in total. The summed E-state index contributed by atoms with van der Waals surface area (Å²) in [7, 11) is 1.57. The summed E-state index contributed by atoms with van der Waals surface area (Å²) in [5.74, 6) is 0.923. The highest BCUT2D eigenvalue weighted by molar-refractivity contribution is 5.77. The summed E-state index contributed by atoms with van der Waals surface area (Å²) in [6.07, 6.45) is 2.57. The number of nitrogens with one attached hydrogen (secondary N) is 1. The summed E-state index contributed by atoms with van der Waals surface area (Å²) >= 11 is 0. The van der Waals surface area contributed by atoms with Crippen LogP contribution < -0.4 is 14.8 Å². The molecule has 1 amide bonds. The molecule has 0 aliphatic rings. The fraction of sp³-hybridized carbons (Fsp3) is 0.263. The standard InChI is InChI=1S/C19H22N2O3/c1-4-6-15-9-10-17(18(11-15)23-3)24-13-19(22)20-12-16-8-5-7-14(2)21-16/h4-5,7-11H,1,6,12-13H2,2-3H3,(H,20,22). The number of amides is 1. The van der Waals surface area contributed by atoms with Gasteiger partial charge in [0.1, 0.15) is 0 Å². The Morgan fingerprint density at radius 1 is 1.29 bits per heavy atom. The molecule has 1 aromatic heterocycles. The van der Waals surface area contributed by atoms with E-state index < -0.39 is 0 Å². The van der Waals surface area contributed by atoms with Crippen LogP contribution >= 0.6 is 0 Å². The van der Waals surface area contributed by atoms with Gasteiger partial charge in [0, 0.05) is 5.69 Å². The van der Waals surface area contributed by atoms with E-state index in [4.69, 9.17) is 9.47 Å². The quantitative estimate of drug-likeness (QED) is 0.758. The maximum absolute atomic E-state index is 11.9. The molecule has 0 aliphatic carbocycles. The second-order valence-corrected chi connectivity index (χ2v) is 5.31. The Bertz CT molecular complexity index is 714. The minimum Gasteiger partial charge on any atom is -0.493 e. The molecule has 5 nitrogen and oxygen atoms in total. The van der Waals surface area contributed by atoms with E-state index in [0.717, 1.165) is 23.4 Å². The fourth-order valence-corrected chi connectivity index (χ4v) is 2.21. The van der Waals surface area contributed by atoms with Crippen LogP contribution in [0.15, 0.2) is 49.1 Å². The van der Waals surface area contributed by atoms with E-state index in [2.05, 4.69) is 16.9 Å². The highest BCUT2D eigenvalue weighted by Gasteiger charge is 2.08. The summed E-state index contributed by atoms with van der Waals surface area (Å²) in [6.45, 7) is 5.92. The number of carbonyl (C=O) groups is 1. The van der Waals surface area contributed by atoms with Crippen LogP contribution in [0, 0.1) is 6.92 Å². The number of nitrogens with zero attached hydrogens (tertiary/aromatic N) is 1. The van der Waals surface area contributed by atoms with Crippen molar-refractivity contribution < 1.29 is 14.3 Å². The Kier molecular flexibility index (Phi) is 6.37. The normalized spacial score (nSPS) is 10.1. The van der Waals surface area contributed by atoms with E-state index >= 15 is 0 Å². The minimum atomic E-state index is -0.212. The first-order chi connectivity index (χ1) is 11.6. The lowest BCUT2D eigenvalue weighted by Crippen LogP contribution is -2.28. The first-order valence-electron chi connectivity index (χ1n) is 7.72. The second-order valence-electron chi connectivity index (χ2n) is 5.31. The van der Waals surface area contributed by atoms with Gasteiger partial charge in [0.2, 0.25) is 0 Å². The van der Waals surface area contributed by atoms with Crippen LogP contribution in [0.3, 0.4) is 0 Å². The van der Waals surface area contributed by atoms with Crippen molar-refractivity contribution in [3.8, 4) is 11.5 Å². The third kappa shape index (κ3) is 5.12. The van der Waals surface area contributed by atoms with Crippen LogP contribution in [0.25, 0.3) is 0 Å². The number of benzene rings is 1. The molecule has 0 fully saturated rings. The molecule has 24 heavy (non-hydrogen) atoms. The number of hydrogen-bond donors (Lipinski definition) is 1. The SMILES string of the molecule is C=CCc1ccc(OCC(=O)NCc2cccc(C)n2)c(OC)c1. The van der Waals surface area contributed by atoms with Crippen molar-refractivity contribution in [3.05, 3.63) is 66.0 Å². The van der Waals surface area contributed by atoms with E-state index in [-0.39, 0.29) is 12.5 Å². The third-order valence-corrected chi connectivity index (χ3v) is 3.38. The van der Waals surface area contributed by atoms with Crippen LogP contribution in [0.5, 0.6) is 11.5 Å². The van der Waals surface area contributed by atoms with Gasteiger partial charge in [-0.1, -0.05) is 18.2 Å². The Morgan fingerprint density at radius 2 is 2.12 bits per heavy atom. The molecule has 1 heterocycles. The van der Waals surface area contributed by atoms with Gasteiger partial charge in [-0.25, -0.2) is 0 Å². The van der Waals surface area contributed by atoms with E-state index in [1.54, 1.807) is 13.2 Å². The van der Waals surface area contributed by atoms with E-state index in [0.29, 0.717) is 18.0 Å². The van der Waals surface area contributed by atoms with Gasteiger partial charge in [-0.05, 0) is 43.2 Å². The van der Waals surface area contributed by atoms with E-state index in [9.17, 15) is 4.79 Å². The number of aromatic nitrogens is 1. The maximum atomic E-state index is 11.9. The van der Waals surface area contributed by atoms with E-state index in [1.165, 1.54) is 0 Å². The molecular weight excluding hydrogens is 304 g/mol. The summed E-state index contributed by atoms with van der Waals surface area (Å²) in [5, 5.41) is 2.79. The molecule has 0 saturated heterocycles. The fourth-order valence-electron chi connectivity index (χ4n) is 2.21. The van der Waals surface area contributed by atoms with Gasteiger partial charge in [-0.3, -0.25) is 9.78 Å². The lowest BCUT2D eigenvalue weighted by atomic mass is 10.1. The van der Waals surface area contributed by atoms with Crippen molar-refractivity contribution in [1.82, 2.24) is 10.3 Å². The highest BCUT2D eigenvalue weighted by atomic mass is 16.5. The number of allylic oxidation sites excluding steroid dienone is 1. The minimum absolute atomic E-state index is 0.0804. The number of pyridine rings is 1. The molecule has 1 aromatic carbocycles. The summed E-state index contributed by atoms with van der Waals surface area (Å²) in [5.41, 5.74) is 2.81. The van der Waals surface area contributed by atoms with Crippen molar-refractivity contribution in [2.45, 2.75) is 19.9 Å². The predicted molar refractivity (Wildman–Crippen MR) is 93.2 cm³/mol. The number of ether oxygens (including phenoxy) is 2. The average molecular weight is 326 g/mol. The van der Waals surface area contributed by atoms with Gasteiger partial charge in [0.25, 0.3) is 5.91 Å². The molecule has 0 bridgehead atoms. The monoisotopic (exact) mass is 326 g/mol. The van der Waals surface area contributed by atoms with Crippen LogP contribution in [0.4, 0.5) is 0 Å². The second kappa shape index (κ2) is 8.72. The Labute approximate surface area is 142 Å². The van der Waals surface area contributed by atoms with Crippen molar-refractivity contribution in [2.75, 3.05) is 13.7 Å². The molecule has 0 saturated carbocycles. The van der Waals surface area contributed by atoms with Crippen molar-refractivity contribution in [3.63, 3.8) is 0 Å². The van der Waals surface area contributed by atoms with Gasteiger partial charge in [-0.2, -0.15) is 0 Å². The molecule has 2 rings (SSSR count). The summed E-state index contributed by atoms with van der Waals surface area (Å²) < 4.78 is 10.9. The Morgan fingerprint density at radius 3 is 2.83 bits per heavy atom. The first kappa shape index (κ1) is 17.5. The highest BCUT2D eigenvalue weighted by Crippen LogP contribution is 2.28. The van der Waals surface area contributed by atoms with Crippen molar-refractivity contribution in [2.24, 2.45) is 0 Å². The van der Waals surface area contributed by atoms with Crippen LogP contribution in [-0.2, 0) is 17.8 Å². The van der Waals surface area contributed by atoms with E-state index in [1.807, 2.05) is 43.3 Å². The number of rotatable bonds is 8. The van der Waals surface area contributed by atoms with Gasteiger partial charge >= 0.3 is 0 Å². The molecule has 0 unspecified atom stereocenters. The molecule has 0 aliphatic heterocycles. The van der Waals surface area contributed by atoms with Crippen molar-refractivity contribution >= 4 is 5.91 Å². The van der Waals surface area contributed by atoms with Gasteiger partial charge < -0.3 is 14.8 Å². The van der Waals surface area contributed by atoms with Crippen molar-refractivity contribution in [1.29, 1.82) is 0 Å². The average Bonchev–Trinajstić information content (AvgIpc) is 2.59. The Hall–Kier alpha value is -2.82. The van der Waals surface area contributed by atoms with Gasteiger partial charge in [0.15, 0.2) is 18.1 Å². The number of carbonyl (C=O) groups excluding carboxylic acids is 1. The topological polar surface area (TPSA) is 60.5 Å². The predicted octanol–water partition coefficient (Wildman–Crippen LogP) is 2.82. The van der Waals surface area contributed by atoms with Gasteiger partial charge in [0.05, 0.1) is 19.3 Å². The maximum Gasteiger partial charge on any atom is 0.258 e. The molecule has 0 radical (unpaired) electrons. The first-order valence-corrected chi connectivity index (χ1v) is 7.72. The van der Waals surface area contributed by atoms with Gasteiger partial charge in [-0.15, -0.1) is 6.58 Å². The molecule has 0 atom stereocenters. The zero-order chi connectivity index (χ0) is 17.4. The molecule has 5 heteroatoms. The molecular formula is C19H22N2O3. The lowest BCUT2D eigenvalue weighted by Gasteiger charge is -2.12. The number of methoxy groups -OCH3 is 1. The summed E-state index contributed by atoms with van der Waals surface area (Å²) in [6, 6.07) is 11.3. The van der Waals surface area contributed by atoms with Crippen LogP contribution in [0.1, 0.15) is 17.0 Å². The zero-order valence-corrected chi connectivity index (χ0v) is 14.0. The third-order valence-electron chi connectivity index (χ3n) is 3.38. The largest absolute Gasteiger partial charge is 0.493 e. The zero-order valence-electron chi connectivity index (χ0n) is 14.0. The molecule has 126 valence electrons. The number of aryl methyl sites for hydroxylation is 1.